The van der Waals surface area contributed by atoms with Crippen LogP contribution >= 0.6 is 0 Å². The molecule has 4 rings (SSSR count). The molecule has 0 saturated carbocycles. The number of benzene rings is 2. The van der Waals surface area contributed by atoms with Gasteiger partial charge in [0.15, 0.2) is 11.6 Å². The van der Waals surface area contributed by atoms with Gasteiger partial charge in [0, 0.05) is 24.0 Å². The van der Waals surface area contributed by atoms with Gasteiger partial charge in [0.25, 0.3) is 0 Å². The number of halogens is 2. The highest BCUT2D eigenvalue weighted by Gasteiger charge is 2.33. The molecule has 1 aliphatic heterocycles. The molecule has 0 radical (unpaired) electrons. The summed E-state index contributed by atoms with van der Waals surface area (Å²) in [5.74, 6) is -1.41. The second kappa shape index (κ2) is 6.95. The molecule has 1 aromatic heterocycles. The molecule has 0 spiro atoms. The van der Waals surface area contributed by atoms with Crippen LogP contribution in [0.4, 0.5) is 14.6 Å². The van der Waals surface area contributed by atoms with Gasteiger partial charge < -0.3 is 14.8 Å². The summed E-state index contributed by atoms with van der Waals surface area (Å²) in [5.41, 5.74) is 1.18. The molecule has 0 bridgehead atoms. The lowest BCUT2D eigenvalue weighted by molar-refractivity contribution is -0.116. The van der Waals surface area contributed by atoms with Crippen LogP contribution in [-0.4, -0.2) is 29.7 Å². The third kappa shape index (κ3) is 2.87. The number of carbonyl (C=O) groups excluding carboxylic acids is 1. The second-order valence-electron chi connectivity index (χ2n) is 6.33. The van der Waals surface area contributed by atoms with E-state index in [2.05, 4.69) is 10.3 Å². The molecule has 0 saturated heterocycles. The Morgan fingerprint density at radius 1 is 1.18 bits per heavy atom. The van der Waals surface area contributed by atoms with E-state index in [1.54, 1.807) is 29.9 Å². The number of methoxy groups -OCH3 is 2. The smallest absolute Gasteiger partial charge is 0.226 e. The van der Waals surface area contributed by atoms with Crippen LogP contribution in [0, 0.1) is 11.6 Å². The number of ether oxygens (including phenoxy) is 2. The van der Waals surface area contributed by atoms with Crippen LogP contribution in [0.25, 0.3) is 5.69 Å². The molecule has 1 amide bonds. The quantitative estimate of drug-likeness (QED) is 0.745. The number of hydrogen-bond donors (Lipinski definition) is 1. The van der Waals surface area contributed by atoms with Gasteiger partial charge in [-0.3, -0.25) is 9.36 Å². The fourth-order valence-corrected chi connectivity index (χ4v) is 3.42. The molecular formula is C20H17F2N3O3. The monoisotopic (exact) mass is 385 g/mol. The number of rotatable bonds is 4. The third-order valence-electron chi connectivity index (χ3n) is 4.78. The molecule has 2 aromatic carbocycles. The Bertz CT molecular complexity index is 1060. The molecular weight excluding hydrogens is 368 g/mol. The Balaban J connectivity index is 1.85. The van der Waals surface area contributed by atoms with E-state index in [-0.39, 0.29) is 17.9 Å². The number of nitrogens with zero attached hydrogens (tertiary/aromatic N) is 2. The lowest BCUT2D eigenvalue weighted by Crippen LogP contribution is -2.25. The summed E-state index contributed by atoms with van der Waals surface area (Å²) in [7, 11) is 3.07. The molecule has 1 unspecified atom stereocenters. The van der Waals surface area contributed by atoms with E-state index < -0.39 is 17.6 Å². The maximum Gasteiger partial charge on any atom is 0.226 e. The summed E-state index contributed by atoms with van der Waals surface area (Å²) in [6, 6.07) is 9.15. The Labute approximate surface area is 159 Å². The van der Waals surface area contributed by atoms with Crippen molar-refractivity contribution in [2.24, 2.45) is 0 Å². The standard InChI is InChI=1S/C20H17F2N3O3/c1-27-11-6-7-15(16(8-11)28-2)25-10-23-19-13(9-17(26)24-20(19)25)12-4-3-5-14(21)18(12)22/h3-8,10,13H,9H2,1-2H3,(H,24,26). The van der Waals surface area contributed by atoms with Crippen molar-refractivity contribution in [2.75, 3.05) is 19.5 Å². The molecule has 6 nitrogen and oxygen atoms in total. The minimum absolute atomic E-state index is 0.0237. The maximum absolute atomic E-state index is 14.4. The van der Waals surface area contributed by atoms with Crippen molar-refractivity contribution in [3.8, 4) is 17.2 Å². The predicted molar refractivity (Wildman–Crippen MR) is 98.1 cm³/mol. The summed E-state index contributed by atoms with van der Waals surface area (Å²) in [5, 5.41) is 2.78. The zero-order chi connectivity index (χ0) is 19.8. The zero-order valence-electron chi connectivity index (χ0n) is 15.2. The van der Waals surface area contributed by atoms with Crippen LogP contribution in [0.15, 0.2) is 42.7 Å². The Morgan fingerprint density at radius 3 is 2.75 bits per heavy atom. The van der Waals surface area contributed by atoms with E-state index in [0.717, 1.165) is 6.07 Å². The Kier molecular flexibility index (Phi) is 4.46. The van der Waals surface area contributed by atoms with E-state index in [0.29, 0.717) is 28.7 Å². The minimum atomic E-state index is -0.968. The van der Waals surface area contributed by atoms with Gasteiger partial charge in [-0.25, -0.2) is 13.8 Å². The van der Waals surface area contributed by atoms with Crippen LogP contribution < -0.4 is 14.8 Å². The maximum atomic E-state index is 14.4. The Hall–Kier alpha value is -3.42. The number of anilines is 1. The van der Waals surface area contributed by atoms with Crippen molar-refractivity contribution in [1.82, 2.24) is 9.55 Å². The number of nitrogens with one attached hydrogen (secondary N) is 1. The van der Waals surface area contributed by atoms with Gasteiger partial charge in [-0.1, -0.05) is 12.1 Å². The number of amides is 1. The first kappa shape index (κ1) is 18.0. The normalized spacial score (nSPS) is 15.7. The second-order valence-corrected chi connectivity index (χ2v) is 6.33. The number of carbonyl (C=O) groups is 1. The van der Waals surface area contributed by atoms with Crippen molar-refractivity contribution in [2.45, 2.75) is 12.3 Å². The Morgan fingerprint density at radius 2 is 2.00 bits per heavy atom. The topological polar surface area (TPSA) is 65.4 Å². The van der Waals surface area contributed by atoms with Crippen LogP contribution in [0.2, 0.25) is 0 Å². The van der Waals surface area contributed by atoms with Gasteiger partial charge in [0.05, 0.1) is 25.6 Å². The molecule has 144 valence electrons. The average molecular weight is 385 g/mol. The van der Waals surface area contributed by atoms with Crippen LogP contribution in [-0.2, 0) is 4.79 Å². The average Bonchev–Trinajstić information content (AvgIpc) is 3.12. The SMILES string of the molecule is COc1ccc(-n2cnc3c2NC(=O)CC3c2cccc(F)c2F)c(OC)c1. The van der Waals surface area contributed by atoms with Crippen molar-refractivity contribution in [3.05, 3.63) is 65.6 Å². The summed E-state index contributed by atoms with van der Waals surface area (Å²) >= 11 is 0. The first-order valence-corrected chi connectivity index (χ1v) is 8.57. The van der Waals surface area contributed by atoms with E-state index in [9.17, 15) is 13.6 Å². The van der Waals surface area contributed by atoms with Crippen LogP contribution in [0.1, 0.15) is 23.6 Å². The summed E-state index contributed by atoms with van der Waals surface area (Å²) in [6.45, 7) is 0. The van der Waals surface area contributed by atoms with Crippen molar-refractivity contribution >= 4 is 11.7 Å². The first-order chi connectivity index (χ1) is 13.5. The molecule has 28 heavy (non-hydrogen) atoms. The van der Waals surface area contributed by atoms with E-state index >= 15 is 0 Å². The molecule has 2 heterocycles. The van der Waals surface area contributed by atoms with E-state index in [1.807, 2.05) is 0 Å². The van der Waals surface area contributed by atoms with Gasteiger partial charge in [-0.05, 0) is 18.2 Å². The van der Waals surface area contributed by atoms with Gasteiger partial charge in [-0.2, -0.15) is 0 Å². The first-order valence-electron chi connectivity index (χ1n) is 8.57. The minimum Gasteiger partial charge on any atom is -0.497 e. The van der Waals surface area contributed by atoms with E-state index in [1.165, 1.54) is 25.6 Å². The zero-order valence-corrected chi connectivity index (χ0v) is 15.2. The fourth-order valence-electron chi connectivity index (χ4n) is 3.42. The summed E-state index contributed by atoms with van der Waals surface area (Å²) < 4.78 is 40.4. The highest BCUT2D eigenvalue weighted by atomic mass is 19.2. The van der Waals surface area contributed by atoms with E-state index in [4.69, 9.17) is 9.47 Å². The number of hydrogen-bond acceptors (Lipinski definition) is 4. The van der Waals surface area contributed by atoms with Crippen LogP contribution in [0.3, 0.4) is 0 Å². The van der Waals surface area contributed by atoms with Gasteiger partial charge in [0.2, 0.25) is 5.91 Å². The van der Waals surface area contributed by atoms with Crippen LogP contribution in [0.5, 0.6) is 11.5 Å². The lowest BCUT2D eigenvalue weighted by atomic mass is 9.89. The molecule has 1 aliphatic rings. The highest BCUT2D eigenvalue weighted by Crippen LogP contribution is 2.40. The fraction of sp³-hybridized carbons (Fsp3) is 0.200. The number of aromatic nitrogens is 2. The van der Waals surface area contributed by atoms with Gasteiger partial charge in [-0.15, -0.1) is 0 Å². The summed E-state index contributed by atoms with van der Waals surface area (Å²) in [4.78, 5) is 16.7. The van der Waals surface area contributed by atoms with Gasteiger partial charge >= 0.3 is 0 Å². The van der Waals surface area contributed by atoms with Crippen molar-refractivity contribution in [3.63, 3.8) is 0 Å². The molecule has 0 aliphatic carbocycles. The molecule has 8 heteroatoms. The largest absolute Gasteiger partial charge is 0.497 e. The molecule has 3 aromatic rings. The lowest BCUT2D eigenvalue weighted by Gasteiger charge is -2.24. The molecule has 1 N–H and O–H groups in total. The van der Waals surface area contributed by atoms with Crippen molar-refractivity contribution < 1.29 is 23.0 Å². The van der Waals surface area contributed by atoms with Crippen molar-refractivity contribution in [1.29, 1.82) is 0 Å². The number of imidazole rings is 1. The highest BCUT2D eigenvalue weighted by molar-refractivity contribution is 5.94. The predicted octanol–water partition coefficient (Wildman–Crippen LogP) is 3.64. The summed E-state index contributed by atoms with van der Waals surface area (Å²) in [6.07, 6.45) is 1.49. The third-order valence-corrected chi connectivity index (χ3v) is 4.78. The molecule has 0 fully saturated rings. The number of fused-ring (bicyclic) bond motifs is 1. The van der Waals surface area contributed by atoms with Gasteiger partial charge in [0.1, 0.15) is 23.6 Å². The molecule has 1 atom stereocenters.